The van der Waals surface area contributed by atoms with E-state index in [9.17, 15) is 57.4 Å². The molecule has 0 unspecified atom stereocenters. The van der Waals surface area contributed by atoms with E-state index in [4.69, 9.17) is 15.9 Å². The SMILES string of the molecule is CSCC[C@H](NC(=O)[C@@H]1CCCN1C(=O)[C@@H](NC(=O)[C@H](Cc1ccc(OC(F)(C(=O)O)C(=O)O)cc1)NC(=O)[C@H](CC(=O)O)NC(C)=O)C(C)C)C(=O)N[C@@H](CC(C)C)C(N)=O. The zero-order valence-electron chi connectivity index (χ0n) is 35.2. The Hall–Kier alpha value is -6.00. The van der Waals surface area contributed by atoms with Gasteiger partial charge in [0, 0.05) is 19.9 Å². The molecule has 1 aromatic carbocycles. The third-order valence-electron chi connectivity index (χ3n) is 9.56. The zero-order chi connectivity index (χ0) is 47.1. The Bertz CT molecular complexity index is 1800. The number of thioether (sulfide) groups is 1. The first-order valence-corrected chi connectivity index (χ1v) is 21.0. The third kappa shape index (κ3) is 15.5. The minimum atomic E-state index is -4.14. The molecule has 0 saturated carbocycles. The maximum absolute atomic E-state index is 14.5. The molecule has 0 aliphatic carbocycles. The average molecular weight is 898 g/mol. The maximum Gasteiger partial charge on any atom is 0.443 e. The molecular weight excluding hydrogens is 842 g/mol. The first-order valence-electron chi connectivity index (χ1n) is 19.6. The van der Waals surface area contributed by atoms with Crippen LogP contribution in [-0.4, -0.2) is 140 Å². The van der Waals surface area contributed by atoms with Gasteiger partial charge >= 0.3 is 23.8 Å². The van der Waals surface area contributed by atoms with E-state index in [1.807, 2.05) is 20.1 Å². The van der Waals surface area contributed by atoms with E-state index in [0.717, 1.165) is 19.1 Å². The number of carbonyl (C=O) groups excluding carboxylic acids is 7. The molecule has 1 aromatic rings. The van der Waals surface area contributed by atoms with Crippen LogP contribution in [0.3, 0.4) is 0 Å². The lowest BCUT2D eigenvalue weighted by atomic mass is 9.99. The van der Waals surface area contributed by atoms with Gasteiger partial charge in [-0.2, -0.15) is 16.2 Å². The van der Waals surface area contributed by atoms with Crippen LogP contribution in [0.15, 0.2) is 24.3 Å². The molecule has 0 spiro atoms. The number of hydrogen-bond acceptors (Lipinski definition) is 12. The van der Waals surface area contributed by atoms with E-state index >= 15 is 0 Å². The number of nitrogens with zero attached hydrogens (tertiary/aromatic N) is 1. The maximum atomic E-state index is 14.5. The monoisotopic (exact) mass is 897 g/mol. The molecule has 1 saturated heterocycles. The number of ether oxygens (including phenoxy) is 1. The molecule has 21 nitrogen and oxygen atoms in total. The molecule has 1 aliphatic rings. The van der Waals surface area contributed by atoms with Gasteiger partial charge in [0.05, 0.1) is 6.42 Å². The fraction of sp³-hybridized carbons (Fsp3) is 0.590. The summed E-state index contributed by atoms with van der Waals surface area (Å²) >= 11 is 1.42. The second-order valence-electron chi connectivity index (χ2n) is 15.4. The van der Waals surface area contributed by atoms with Crippen molar-refractivity contribution in [3.05, 3.63) is 29.8 Å². The zero-order valence-corrected chi connectivity index (χ0v) is 36.0. The van der Waals surface area contributed by atoms with Gasteiger partial charge in [0.25, 0.3) is 0 Å². The fourth-order valence-corrected chi connectivity index (χ4v) is 6.86. The summed E-state index contributed by atoms with van der Waals surface area (Å²) in [6.07, 6.45) is 1.58. The number of carbonyl (C=O) groups is 10. The number of halogens is 1. The van der Waals surface area contributed by atoms with Crippen LogP contribution in [0.4, 0.5) is 4.39 Å². The van der Waals surface area contributed by atoms with Crippen LogP contribution in [0.25, 0.3) is 0 Å². The van der Waals surface area contributed by atoms with E-state index in [1.165, 1.54) is 28.8 Å². The predicted octanol–water partition coefficient (Wildman–Crippen LogP) is -0.707. The average Bonchev–Trinajstić information content (AvgIpc) is 3.67. The lowest BCUT2D eigenvalue weighted by Gasteiger charge is -2.32. The molecule has 2 rings (SSSR count). The van der Waals surface area contributed by atoms with Gasteiger partial charge in [0.15, 0.2) is 0 Å². The molecule has 7 amide bonds. The van der Waals surface area contributed by atoms with Crippen LogP contribution in [0.1, 0.15) is 72.3 Å². The molecule has 0 aromatic heterocycles. The summed E-state index contributed by atoms with van der Waals surface area (Å²) in [5.41, 5.74) is 5.71. The normalized spacial score (nSPS) is 16.2. The van der Waals surface area contributed by atoms with Gasteiger partial charge in [0.1, 0.15) is 42.0 Å². The van der Waals surface area contributed by atoms with Crippen molar-refractivity contribution >= 4 is 71.0 Å². The summed E-state index contributed by atoms with van der Waals surface area (Å²) < 4.78 is 19.1. The van der Waals surface area contributed by atoms with E-state index in [-0.39, 0.29) is 37.3 Å². The number of alkyl halides is 1. The van der Waals surface area contributed by atoms with Gasteiger partial charge < -0.3 is 57.3 Å². The Labute approximate surface area is 361 Å². The highest BCUT2D eigenvalue weighted by molar-refractivity contribution is 7.98. The van der Waals surface area contributed by atoms with Gasteiger partial charge in [-0.25, -0.2) is 9.59 Å². The smallest absolute Gasteiger partial charge is 0.443 e. The minimum absolute atomic E-state index is 0.0176. The summed E-state index contributed by atoms with van der Waals surface area (Å²) in [4.78, 5) is 128. The van der Waals surface area contributed by atoms with Gasteiger partial charge in [0.2, 0.25) is 41.4 Å². The molecule has 1 heterocycles. The van der Waals surface area contributed by atoms with Crippen LogP contribution < -0.4 is 37.1 Å². The fourth-order valence-electron chi connectivity index (χ4n) is 6.39. The number of rotatable bonds is 25. The second-order valence-corrected chi connectivity index (χ2v) is 16.4. The molecular formula is C39H56FN7O14S. The van der Waals surface area contributed by atoms with Crippen molar-refractivity contribution in [1.29, 1.82) is 0 Å². The van der Waals surface area contributed by atoms with Crippen LogP contribution in [-0.2, 0) is 54.4 Å². The molecule has 6 atom stereocenters. The number of carboxylic acid groups (broad SMARTS) is 3. The largest absolute Gasteiger partial charge is 0.481 e. The molecule has 344 valence electrons. The number of aliphatic carboxylic acids is 3. The Morgan fingerprint density at radius 1 is 0.839 bits per heavy atom. The number of benzene rings is 1. The highest BCUT2D eigenvalue weighted by atomic mass is 32.2. The van der Waals surface area contributed by atoms with Crippen LogP contribution in [0.5, 0.6) is 5.75 Å². The lowest BCUT2D eigenvalue weighted by Crippen LogP contribution is -2.60. The quantitative estimate of drug-likeness (QED) is 0.0548. The topological polar surface area (TPSA) is 330 Å². The summed E-state index contributed by atoms with van der Waals surface area (Å²) in [5, 5.41) is 40.0. The Morgan fingerprint density at radius 2 is 1.40 bits per heavy atom. The number of primary amides is 1. The van der Waals surface area contributed by atoms with E-state index in [2.05, 4.69) is 31.3 Å². The molecule has 23 heteroatoms. The van der Waals surface area contributed by atoms with Gasteiger partial charge in [-0.1, -0.05) is 39.8 Å². The predicted molar refractivity (Wildman–Crippen MR) is 219 cm³/mol. The second kappa shape index (κ2) is 23.9. The van der Waals surface area contributed by atoms with Crippen LogP contribution in [0, 0.1) is 11.8 Å². The molecule has 62 heavy (non-hydrogen) atoms. The standard InChI is InChI=1S/C39H56FN7O14S/c1-19(2)16-25(31(41)51)44-32(52)24(13-15-62-6)43-35(55)28-8-7-14-47(28)36(56)30(20(3)4)46-34(54)26(45-33(53)27(18-29(49)50)42-21(5)48)17-22-9-11-23(12-10-22)61-39(40,37(57)58)38(59)60/h9-12,19-20,24-28,30H,7-8,13-18H2,1-6H3,(H2,41,51)(H,42,48)(H,43,55)(H,44,52)(H,45,53)(H,46,54)(H,49,50)(H,57,58)(H,59,60)/t24-,25-,26-,27-,28-,30-/m0/s1. The first kappa shape index (κ1) is 52.1. The van der Waals surface area contributed by atoms with Crippen LogP contribution >= 0.6 is 11.8 Å². The third-order valence-corrected chi connectivity index (χ3v) is 10.2. The van der Waals surface area contributed by atoms with Crippen molar-refractivity contribution < 1.29 is 72.4 Å². The summed E-state index contributed by atoms with van der Waals surface area (Å²) in [7, 11) is 0. The summed E-state index contributed by atoms with van der Waals surface area (Å²) in [6, 6.07) is -3.32. The number of carboxylic acids is 3. The molecule has 0 bridgehead atoms. The molecule has 10 N–H and O–H groups in total. The van der Waals surface area contributed by atoms with E-state index in [0.29, 0.717) is 12.2 Å². The Kier molecular flexibility index (Phi) is 20.1. The van der Waals surface area contributed by atoms with Crippen molar-refractivity contribution in [2.24, 2.45) is 17.6 Å². The minimum Gasteiger partial charge on any atom is -0.481 e. The van der Waals surface area contributed by atoms with Gasteiger partial charge in [-0.3, -0.25) is 38.4 Å². The summed E-state index contributed by atoms with van der Waals surface area (Å²) in [6.45, 7) is 8.04. The number of likely N-dealkylation sites (tertiary alicyclic amines) is 1. The number of nitrogens with one attached hydrogen (secondary N) is 5. The first-order chi connectivity index (χ1) is 28.9. The van der Waals surface area contributed by atoms with Crippen molar-refractivity contribution in [2.45, 2.75) is 115 Å². The van der Waals surface area contributed by atoms with Gasteiger partial charge in [-0.05, 0) is 67.2 Å². The molecule has 1 aliphatic heterocycles. The summed E-state index contributed by atoms with van der Waals surface area (Å²) in [5.74, 6) is -16.7. The van der Waals surface area contributed by atoms with E-state index < -0.39 is 126 Å². The molecule has 0 radical (unpaired) electrons. The van der Waals surface area contributed by atoms with Crippen LogP contribution in [0.2, 0.25) is 0 Å². The highest BCUT2D eigenvalue weighted by Crippen LogP contribution is 2.24. The molecule has 1 fully saturated rings. The number of hydrogen-bond donors (Lipinski definition) is 9. The Morgan fingerprint density at radius 3 is 1.90 bits per heavy atom. The Balaban J connectivity index is 2.42. The van der Waals surface area contributed by atoms with E-state index in [1.54, 1.807) is 13.8 Å². The van der Waals surface area contributed by atoms with Gasteiger partial charge in [-0.15, -0.1) is 0 Å². The highest BCUT2D eigenvalue weighted by Gasteiger charge is 2.51. The van der Waals surface area contributed by atoms with Crippen molar-refractivity contribution in [3.8, 4) is 5.75 Å². The lowest BCUT2D eigenvalue weighted by molar-refractivity contribution is -0.191. The number of amides is 7. The van der Waals surface area contributed by atoms with Crippen molar-refractivity contribution in [1.82, 2.24) is 31.5 Å². The van der Waals surface area contributed by atoms with Crippen molar-refractivity contribution in [2.75, 3.05) is 18.6 Å². The van der Waals surface area contributed by atoms with Crippen molar-refractivity contribution in [3.63, 3.8) is 0 Å². The number of nitrogens with two attached hydrogens (primary N) is 1.